The van der Waals surface area contributed by atoms with Crippen molar-refractivity contribution in [1.82, 2.24) is 10.4 Å². The Labute approximate surface area is 194 Å². The van der Waals surface area contributed by atoms with Crippen molar-refractivity contribution in [3.8, 4) is 0 Å². The zero-order chi connectivity index (χ0) is 23.2. The highest BCUT2D eigenvalue weighted by molar-refractivity contribution is 5.80. The van der Waals surface area contributed by atoms with Gasteiger partial charge in [0.25, 0.3) is 0 Å². The largest absolute Gasteiger partial charge is 0.435 e. The van der Waals surface area contributed by atoms with E-state index in [-0.39, 0.29) is 36.5 Å². The molecule has 1 spiro atoms. The van der Waals surface area contributed by atoms with Gasteiger partial charge >= 0.3 is 5.97 Å². The second-order valence-electron chi connectivity index (χ2n) is 10.4. The Bertz CT molecular complexity index is 761. The molecule has 5 saturated heterocycles. The fourth-order valence-electron chi connectivity index (χ4n) is 6.32. The lowest BCUT2D eigenvalue weighted by molar-refractivity contribution is -0.576. The maximum Gasteiger partial charge on any atom is 0.308 e. The second kappa shape index (κ2) is 9.05. The van der Waals surface area contributed by atoms with Crippen molar-refractivity contribution in [1.29, 1.82) is 0 Å². The Hall–Kier alpha value is -1.30. The molecule has 0 aromatic carbocycles. The zero-order valence-electron chi connectivity index (χ0n) is 19.7. The van der Waals surface area contributed by atoms with Gasteiger partial charge in [-0.25, -0.2) is 14.8 Å². The van der Waals surface area contributed by atoms with Crippen molar-refractivity contribution >= 4 is 11.9 Å². The highest BCUT2D eigenvalue weighted by Crippen LogP contribution is 2.60. The number of hydrogen-bond donors (Lipinski definition) is 1. The van der Waals surface area contributed by atoms with Gasteiger partial charge in [0.05, 0.1) is 19.6 Å². The molecule has 2 bridgehead atoms. The minimum absolute atomic E-state index is 0.0128. The van der Waals surface area contributed by atoms with Gasteiger partial charge in [0.15, 0.2) is 11.9 Å². The van der Waals surface area contributed by atoms with E-state index in [1.54, 1.807) is 0 Å². The van der Waals surface area contributed by atoms with Crippen LogP contribution in [0.5, 0.6) is 0 Å². The molecule has 8 atom stereocenters. The number of nitrogens with one attached hydrogen (secondary N) is 1. The van der Waals surface area contributed by atoms with Crippen LogP contribution in [0, 0.1) is 23.7 Å². The molecular formula is C23H36N2O8. The van der Waals surface area contributed by atoms with Crippen molar-refractivity contribution in [3.63, 3.8) is 0 Å². The predicted octanol–water partition coefficient (Wildman–Crippen LogP) is 1.88. The number of morpholine rings is 1. The molecule has 6 aliphatic rings. The molecule has 10 heteroatoms. The van der Waals surface area contributed by atoms with Gasteiger partial charge in [-0.2, -0.15) is 0 Å². The number of carbonyl (C=O) groups excluding carboxylic acids is 2. The van der Waals surface area contributed by atoms with Crippen LogP contribution in [0.2, 0.25) is 0 Å². The number of amides is 1. The molecule has 0 unspecified atom stereocenters. The molecule has 0 radical (unpaired) electrons. The topological polar surface area (TPSA) is 105 Å². The molecular weight excluding hydrogens is 432 g/mol. The smallest absolute Gasteiger partial charge is 0.308 e. The molecule has 1 saturated carbocycles. The van der Waals surface area contributed by atoms with E-state index in [0.29, 0.717) is 32.2 Å². The van der Waals surface area contributed by atoms with Gasteiger partial charge < -0.3 is 18.9 Å². The van der Waals surface area contributed by atoms with Gasteiger partial charge in [0, 0.05) is 37.8 Å². The molecule has 1 N–H and O–H groups in total. The first-order valence-corrected chi connectivity index (χ1v) is 12.3. The molecule has 1 aliphatic carbocycles. The molecule has 186 valence electrons. The first-order valence-electron chi connectivity index (χ1n) is 12.3. The third-order valence-corrected chi connectivity index (χ3v) is 8.19. The molecule has 5 aliphatic heterocycles. The molecule has 5 heterocycles. The van der Waals surface area contributed by atoms with E-state index < -0.39 is 29.9 Å². The maximum absolute atomic E-state index is 12.6. The standard InChI is InChI=1S/C23H36N2O8/c1-14-4-5-17-15(2)20(29-19(27)7-6-18(26)24-25-10-12-28-13-11-25)30-21-23(17)16(14)8-9-22(3,31-21)32-33-23/h14-17,20-21H,4-13H2,1-3H3,(H,24,26)/t14-,15-,16-,17+,20-,21-,22+,23-/m1/s1. The summed E-state index contributed by atoms with van der Waals surface area (Å²) in [5, 5.41) is 1.81. The third-order valence-electron chi connectivity index (χ3n) is 8.19. The van der Waals surface area contributed by atoms with E-state index in [9.17, 15) is 9.59 Å². The third kappa shape index (κ3) is 4.30. The number of ether oxygens (including phenoxy) is 4. The summed E-state index contributed by atoms with van der Waals surface area (Å²) in [6.45, 7) is 8.60. The van der Waals surface area contributed by atoms with Crippen LogP contribution in [0.4, 0.5) is 0 Å². The summed E-state index contributed by atoms with van der Waals surface area (Å²) in [7, 11) is 0. The van der Waals surface area contributed by atoms with E-state index in [4.69, 9.17) is 28.7 Å². The van der Waals surface area contributed by atoms with Crippen molar-refractivity contribution in [2.45, 2.75) is 83.3 Å². The Kier molecular flexibility index (Phi) is 6.43. The van der Waals surface area contributed by atoms with Gasteiger partial charge in [0.1, 0.15) is 0 Å². The van der Waals surface area contributed by atoms with Crippen molar-refractivity contribution in [2.75, 3.05) is 26.3 Å². The maximum atomic E-state index is 12.6. The van der Waals surface area contributed by atoms with Crippen molar-refractivity contribution in [2.24, 2.45) is 23.7 Å². The lowest BCUT2D eigenvalue weighted by Gasteiger charge is -2.59. The van der Waals surface area contributed by atoms with Gasteiger partial charge in [-0.05, 0) is 38.0 Å². The van der Waals surface area contributed by atoms with Gasteiger partial charge in [-0.1, -0.05) is 13.8 Å². The van der Waals surface area contributed by atoms with Gasteiger partial charge in [-0.15, -0.1) is 0 Å². The normalized spacial score (nSPS) is 45.1. The minimum Gasteiger partial charge on any atom is -0.435 e. The van der Waals surface area contributed by atoms with Crippen molar-refractivity contribution in [3.05, 3.63) is 0 Å². The number of carbonyl (C=O) groups is 2. The molecule has 6 rings (SSSR count). The average molecular weight is 469 g/mol. The van der Waals surface area contributed by atoms with Gasteiger partial charge in [-0.3, -0.25) is 15.0 Å². The number of nitrogens with zero attached hydrogens (tertiary/aromatic N) is 1. The van der Waals surface area contributed by atoms with Crippen LogP contribution < -0.4 is 5.43 Å². The lowest BCUT2D eigenvalue weighted by Crippen LogP contribution is -2.70. The number of hydrazine groups is 1. The fourth-order valence-corrected chi connectivity index (χ4v) is 6.32. The SMILES string of the molecule is C[C@H]1[C@H](OC(=O)CCC(=O)NN2CCOCC2)O[C@@H]2O[C@]3(C)CC[C@@H]4[C@H](C)CC[C@@H]1[C@@]24OO3. The van der Waals surface area contributed by atoms with Crippen LogP contribution in [0.25, 0.3) is 0 Å². The Morgan fingerprint density at radius 3 is 2.64 bits per heavy atom. The van der Waals surface area contributed by atoms with E-state index in [2.05, 4.69) is 12.3 Å². The summed E-state index contributed by atoms with van der Waals surface area (Å²) in [6, 6.07) is 0. The molecule has 6 fully saturated rings. The summed E-state index contributed by atoms with van der Waals surface area (Å²) >= 11 is 0. The zero-order valence-corrected chi connectivity index (χ0v) is 19.7. The van der Waals surface area contributed by atoms with Crippen LogP contribution in [0.1, 0.15) is 59.3 Å². The summed E-state index contributed by atoms with van der Waals surface area (Å²) in [4.78, 5) is 36.7. The average Bonchev–Trinajstić information content (AvgIpc) is 3.02. The number of fused-ring (bicyclic) bond motifs is 2. The van der Waals surface area contributed by atoms with Crippen LogP contribution in [-0.4, -0.2) is 67.2 Å². The summed E-state index contributed by atoms with van der Waals surface area (Å²) < 4.78 is 23.6. The number of esters is 1. The van der Waals surface area contributed by atoms with E-state index >= 15 is 0 Å². The van der Waals surface area contributed by atoms with E-state index in [0.717, 1.165) is 25.7 Å². The van der Waals surface area contributed by atoms with E-state index in [1.165, 1.54) is 0 Å². The predicted molar refractivity (Wildman–Crippen MR) is 113 cm³/mol. The summed E-state index contributed by atoms with van der Waals surface area (Å²) in [6.07, 6.45) is 2.32. The van der Waals surface area contributed by atoms with Crippen molar-refractivity contribution < 1.29 is 38.3 Å². The molecule has 0 aromatic heterocycles. The highest BCUT2D eigenvalue weighted by atomic mass is 17.3. The minimum atomic E-state index is -0.871. The van der Waals surface area contributed by atoms with Crippen LogP contribution in [0.15, 0.2) is 0 Å². The number of hydrogen-bond acceptors (Lipinski definition) is 9. The lowest BCUT2D eigenvalue weighted by atomic mass is 9.58. The molecule has 0 aromatic rings. The Morgan fingerprint density at radius 1 is 1.06 bits per heavy atom. The molecule has 10 nitrogen and oxygen atoms in total. The van der Waals surface area contributed by atoms with Crippen LogP contribution >= 0.6 is 0 Å². The molecule has 33 heavy (non-hydrogen) atoms. The highest BCUT2D eigenvalue weighted by Gasteiger charge is 2.69. The Balaban J connectivity index is 1.22. The first kappa shape index (κ1) is 23.4. The first-order chi connectivity index (χ1) is 15.8. The summed E-state index contributed by atoms with van der Waals surface area (Å²) in [5.74, 6) is -0.811. The summed E-state index contributed by atoms with van der Waals surface area (Å²) in [5.41, 5.74) is 2.12. The number of rotatable bonds is 5. The fraction of sp³-hybridized carbons (Fsp3) is 0.913. The Morgan fingerprint density at radius 2 is 1.85 bits per heavy atom. The molecule has 1 amide bonds. The van der Waals surface area contributed by atoms with Gasteiger partial charge in [0.2, 0.25) is 18.0 Å². The quantitative estimate of drug-likeness (QED) is 0.478. The van der Waals surface area contributed by atoms with Crippen LogP contribution in [0.3, 0.4) is 0 Å². The second-order valence-corrected chi connectivity index (χ2v) is 10.4. The monoisotopic (exact) mass is 468 g/mol. The van der Waals surface area contributed by atoms with E-state index in [1.807, 2.05) is 18.9 Å². The van der Waals surface area contributed by atoms with Crippen LogP contribution in [-0.2, 0) is 38.3 Å².